The van der Waals surface area contributed by atoms with Crippen molar-refractivity contribution in [1.82, 2.24) is 15.5 Å². The van der Waals surface area contributed by atoms with E-state index < -0.39 is 9.84 Å². The molecule has 1 heterocycles. The third-order valence-corrected chi connectivity index (χ3v) is 3.40. The van der Waals surface area contributed by atoms with Gasteiger partial charge >= 0.3 is 0 Å². The third-order valence-electron chi connectivity index (χ3n) is 2.43. The van der Waals surface area contributed by atoms with E-state index in [4.69, 9.17) is 0 Å². The van der Waals surface area contributed by atoms with Gasteiger partial charge in [0, 0.05) is 18.5 Å². The van der Waals surface area contributed by atoms with Crippen LogP contribution >= 0.6 is 0 Å². The van der Waals surface area contributed by atoms with Gasteiger partial charge in [-0.15, -0.1) is 0 Å². The van der Waals surface area contributed by atoms with Crippen molar-refractivity contribution in [3.05, 3.63) is 24.0 Å². The number of sulfone groups is 1. The zero-order valence-corrected chi connectivity index (χ0v) is 11.1. The van der Waals surface area contributed by atoms with Gasteiger partial charge in [0.05, 0.1) is 11.9 Å². The zero-order chi connectivity index (χ0) is 12.7. The maximum atomic E-state index is 11.2. The molecule has 1 rings (SSSR count). The molecule has 1 N–H and O–H groups in total. The highest BCUT2D eigenvalue weighted by Gasteiger charge is 2.13. The van der Waals surface area contributed by atoms with Crippen molar-refractivity contribution in [3.8, 4) is 0 Å². The van der Waals surface area contributed by atoms with Crippen LogP contribution in [0.5, 0.6) is 0 Å². The topological polar surface area (TPSA) is 72.0 Å². The lowest BCUT2D eigenvalue weighted by atomic mass is 10.1. The van der Waals surface area contributed by atoms with Crippen LogP contribution in [0.2, 0.25) is 0 Å². The molecule has 0 bridgehead atoms. The number of nitrogens with zero attached hydrogens (tertiary/aromatic N) is 2. The van der Waals surface area contributed by atoms with Crippen LogP contribution in [-0.2, 0) is 9.84 Å². The molecule has 0 saturated heterocycles. The molecule has 0 amide bonds. The molecule has 6 heteroatoms. The van der Waals surface area contributed by atoms with Crippen LogP contribution in [0.4, 0.5) is 0 Å². The Hall–Kier alpha value is -1.01. The normalized spacial score (nSPS) is 13.5. The van der Waals surface area contributed by atoms with E-state index in [0.717, 1.165) is 18.5 Å². The fraction of sp³-hybridized carbons (Fsp3) is 0.636. The molecule has 1 aromatic rings. The Morgan fingerprint density at radius 3 is 2.71 bits per heavy atom. The Kier molecular flexibility index (Phi) is 5.50. The summed E-state index contributed by atoms with van der Waals surface area (Å²) in [6.07, 6.45) is 6.12. The van der Waals surface area contributed by atoms with E-state index in [1.807, 2.05) is 6.07 Å². The lowest BCUT2D eigenvalue weighted by Gasteiger charge is -2.17. The first-order valence-electron chi connectivity index (χ1n) is 5.70. The molecule has 0 aliphatic heterocycles. The summed E-state index contributed by atoms with van der Waals surface area (Å²) in [4.78, 5) is 0. The van der Waals surface area contributed by atoms with E-state index in [0.29, 0.717) is 6.42 Å². The van der Waals surface area contributed by atoms with Crippen molar-refractivity contribution in [3.63, 3.8) is 0 Å². The molecule has 0 fully saturated rings. The first-order valence-corrected chi connectivity index (χ1v) is 7.76. The molecule has 0 spiro atoms. The van der Waals surface area contributed by atoms with E-state index >= 15 is 0 Å². The average molecular weight is 257 g/mol. The summed E-state index contributed by atoms with van der Waals surface area (Å²) in [6.45, 7) is 2.93. The molecule has 5 nitrogen and oxygen atoms in total. The van der Waals surface area contributed by atoms with Gasteiger partial charge in [0.1, 0.15) is 9.84 Å². The summed E-state index contributed by atoms with van der Waals surface area (Å²) in [7, 11) is -2.93. The number of aromatic nitrogens is 2. The van der Waals surface area contributed by atoms with Crippen LogP contribution in [0.25, 0.3) is 0 Å². The number of nitrogens with one attached hydrogen (secondary N) is 1. The molecule has 1 unspecified atom stereocenters. The van der Waals surface area contributed by atoms with E-state index in [1.54, 1.807) is 12.4 Å². The van der Waals surface area contributed by atoms with Crippen molar-refractivity contribution >= 4 is 9.84 Å². The van der Waals surface area contributed by atoms with Crippen LogP contribution in [-0.4, -0.2) is 37.2 Å². The summed E-state index contributed by atoms with van der Waals surface area (Å²) >= 11 is 0. The van der Waals surface area contributed by atoms with Crippen molar-refractivity contribution < 1.29 is 8.42 Å². The monoisotopic (exact) mass is 257 g/mol. The summed E-state index contributed by atoms with van der Waals surface area (Å²) in [5.41, 5.74) is 0.983. The predicted molar refractivity (Wildman–Crippen MR) is 67.4 cm³/mol. The van der Waals surface area contributed by atoms with Gasteiger partial charge in [0.25, 0.3) is 0 Å². The highest BCUT2D eigenvalue weighted by Crippen LogP contribution is 2.15. The van der Waals surface area contributed by atoms with Gasteiger partial charge in [-0.3, -0.25) is 0 Å². The van der Waals surface area contributed by atoms with Gasteiger partial charge in [-0.05, 0) is 31.0 Å². The molecule has 0 aliphatic carbocycles. The molecule has 17 heavy (non-hydrogen) atoms. The molecule has 1 atom stereocenters. The molecule has 0 saturated carbocycles. The van der Waals surface area contributed by atoms with E-state index in [1.165, 1.54) is 6.26 Å². The first kappa shape index (κ1) is 14.1. The highest BCUT2D eigenvalue weighted by molar-refractivity contribution is 7.90. The molecule has 0 aromatic carbocycles. The third kappa shape index (κ3) is 5.74. The second-order valence-corrected chi connectivity index (χ2v) is 6.36. The second-order valence-electron chi connectivity index (χ2n) is 4.10. The summed E-state index contributed by atoms with van der Waals surface area (Å²) in [6, 6.07) is 1.89. The van der Waals surface area contributed by atoms with Gasteiger partial charge in [-0.2, -0.15) is 10.2 Å². The summed E-state index contributed by atoms with van der Waals surface area (Å²) in [5.74, 6) is 0.177. The largest absolute Gasteiger partial charge is 0.310 e. The average Bonchev–Trinajstić information content (AvgIpc) is 2.29. The SMILES string of the molecule is CCCNC(CCS(C)(=O)=O)c1ccnnc1. The van der Waals surface area contributed by atoms with Gasteiger partial charge in [-0.1, -0.05) is 6.92 Å². The lowest BCUT2D eigenvalue weighted by molar-refractivity contribution is 0.511. The fourth-order valence-corrected chi connectivity index (χ4v) is 2.21. The summed E-state index contributed by atoms with van der Waals surface area (Å²) in [5, 5.41) is 10.9. The molecule has 0 aliphatic rings. The smallest absolute Gasteiger partial charge is 0.147 e. The van der Waals surface area contributed by atoms with E-state index in [2.05, 4.69) is 22.4 Å². The van der Waals surface area contributed by atoms with E-state index in [9.17, 15) is 8.42 Å². The minimum absolute atomic E-state index is 0.0279. The van der Waals surface area contributed by atoms with Crippen LogP contribution in [0.1, 0.15) is 31.4 Å². The summed E-state index contributed by atoms with van der Waals surface area (Å²) < 4.78 is 22.4. The van der Waals surface area contributed by atoms with Crippen LogP contribution in [0.3, 0.4) is 0 Å². The molecular weight excluding hydrogens is 238 g/mol. The maximum Gasteiger partial charge on any atom is 0.147 e. The Morgan fingerprint density at radius 2 is 2.18 bits per heavy atom. The van der Waals surface area contributed by atoms with Crippen LogP contribution in [0.15, 0.2) is 18.5 Å². The second kappa shape index (κ2) is 6.66. The van der Waals surface area contributed by atoms with Gasteiger partial charge in [-0.25, -0.2) is 8.42 Å². The lowest BCUT2D eigenvalue weighted by Crippen LogP contribution is -2.24. The van der Waals surface area contributed by atoms with Crippen molar-refractivity contribution in [2.45, 2.75) is 25.8 Å². The fourth-order valence-electron chi connectivity index (χ4n) is 1.54. The Labute approximate surface area is 103 Å². The first-order chi connectivity index (χ1) is 8.03. The number of hydrogen-bond donors (Lipinski definition) is 1. The van der Waals surface area contributed by atoms with Gasteiger partial charge < -0.3 is 5.32 Å². The quantitative estimate of drug-likeness (QED) is 0.787. The van der Waals surface area contributed by atoms with Crippen molar-refractivity contribution in [1.29, 1.82) is 0 Å². The minimum Gasteiger partial charge on any atom is -0.310 e. The molecule has 0 radical (unpaired) electrons. The molecule has 96 valence electrons. The van der Waals surface area contributed by atoms with Crippen molar-refractivity contribution in [2.24, 2.45) is 0 Å². The number of rotatable bonds is 7. The van der Waals surface area contributed by atoms with Crippen LogP contribution in [0, 0.1) is 0 Å². The minimum atomic E-state index is -2.93. The predicted octanol–water partition coefficient (Wildman–Crippen LogP) is 0.952. The zero-order valence-electron chi connectivity index (χ0n) is 10.3. The standard InChI is InChI=1S/C11H19N3O2S/c1-3-6-12-11(5-8-17(2,15)16)10-4-7-13-14-9-10/h4,7,9,11-12H,3,5-6,8H2,1-2H3. The number of hydrogen-bond acceptors (Lipinski definition) is 5. The Morgan fingerprint density at radius 1 is 1.41 bits per heavy atom. The van der Waals surface area contributed by atoms with Crippen LogP contribution < -0.4 is 5.32 Å². The Balaban J connectivity index is 2.67. The van der Waals surface area contributed by atoms with Crippen molar-refractivity contribution in [2.75, 3.05) is 18.6 Å². The van der Waals surface area contributed by atoms with E-state index in [-0.39, 0.29) is 11.8 Å². The molecular formula is C11H19N3O2S. The Bertz CT molecular complexity index is 420. The maximum absolute atomic E-state index is 11.2. The highest BCUT2D eigenvalue weighted by atomic mass is 32.2. The van der Waals surface area contributed by atoms with Gasteiger partial charge in [0.15, 0.2) is 0 Å². The molecule has 1 aromatic heterocycles. The van der Waals surface area contributed by atoms with Gasteiger partial charge in [0.2, 0.25) is 0 Å².